The van der Waals surface area contributed by atoms with Gasteiger partial charge in [-0.3, -0.25) is 5.43 Å². The van der Waals surface area contributed by atoms with Crippen LogP contribution in [0, 0.1) is 0 Å². The van der Waals surface area contributed by atoms with Crippen molar-refractivity contribution in [1.29, 1.82) is 0 Å². The number of primary amides is 1. The molecule has 1 fully saturated rings. The molecule has 1 aliphatic rings. The van der Waals surface area contributed by atoms with Crippen LogP contribution in [0.1, 0.15) is 0 Å². The number of rotatable bonds is 1. The molecule has 4 N–H and O–H groups in total. The second-order valence-electron chi connectivity index (χ2n) is 1.90. The molecule has 0 bridgehead atoms. The molecule has 0 atom stereocenters. The van der Waals surface area contributed by atoms with Gasteiger partial charge in [-0.05, 0) is 0 Å². The molecule has 0 aliphatic carbocycles. The van der Waals surface area contributed by atoms with Gasteiger partial charge < -0.3 is 11.1 Å². The van der Waals surface area contributed by atoms with Gasteiger partial charge in [-0.25, -0.2) is 9.80 Å². The van der Waals surface area contributed by atoms with Crippen molar-refractivity contribution in [3.05, 3.63) is 0 Å². The van der Waals surface area contributed by atoms with E-state index in [1.165, 1.54) is 0 Å². The third kappa shape index (κ3) is 3.38. The molecule has 54 valence electrons. The van der Waals surface area contributed by atoms with Crippen LogP contribution in [0.5, 0.6) is 0 Å². The van der Waals surface area contributed by atoms with Crippen molar-refractivity contribution in [2.45, 2.75) is 0 Å². The summed E-state index contributed by atoms with van der Waals surface area (Å²) in [6.45, 7) is 2.41. The zero-order valence-corrected chi connectivity index (χ0v) is 5.05. The van der Waals surface area contributed by atoms with Crippen molar-refractivity contribution in [3.63, 3.8) is 0 Å². The normalized spacial score (nSPS) is 18.0. The van der Waals surface area contributed by atoms with E-state index in [4.69, 9.17) is 5.73 Å². The maximum absolute atomic E-state index is 10.2. The predicted octanol–water partition coefficient (Wildman–Crippen LogP) is -2.22. The Morgan fingerprint density at radius 2 is 2.40 bits per heavy atom. The first kappa shape index (κ1) is 10.2. The van der Waals surface area contributed by atoms with Crippen molar-refractivity contribution < 1.29 is 4.79 Å². The van der Waals surface area contributed by atoms with E-state index in [1.807, 2.05) is 0 Å². The number of hydrogen-bond donors (Lipinski definition) is 3. The molecule has 1 saturated heterocycles. The molecular weight excluding hydrogens is 143 g/mol. The van der Waals surface area contributed by atoms with Crippen molar-refractivity contribution >= 4 is 35.6 Å². The van der Waals surface area contributed by atoms with Crippen molar-refractivity contribution in [3.8, 4) is 0 Å². The van der Waals surface area contributed by atoms with Crippen molar-refractivity contribution in [2.24, 2.45) is 5.73 Å². The van der Waals surface area contributed by atoms with Gasteiger partial charge in [-0.1, -0.05) is 0 Å². The molecule has 1 aliphatic heterocycles. The molecule has 2 amide bonds. The van der Waals surface area contributed by atoms with E-state index >= 15 is 0 Å². The van der Waals surface area contributed by atoms with E-state index in [0.29, 0.717) is 6.67 Å². The van der Waals surface area contributed by atoms with Gasteiger partial charge in [-0.15, -0.1) is 0 Å². The molecular formula is C4H11N4NaO. The van der Waals surface area contributed by atoms with Gasteiger partial charge >= 0.3 is 35.6 Å². The minimum atomic E-state index is -0.501. The number of amides is 2. The second kappa shape index (κ2) is 4.92. The standard InChI is InChI=1S/C4H10N4O.Na.H/c5-4(9)7-8-2-1-6-3-8;;/h6H,1-3H2,(H3,5,7,9);;. The first-order valence-electron chi connectivity index (χ1n) is 2.81. The summed E-state index contributed by atoms with van der Waals surface area (Å²) in [7, 11) is 0. The molecule has 6 heteroatoms. The molecule has 0 radical (unpaired) electrons. The van der Waals surface area contributed by atoms with Gasteiger partial charge in [0.25, 0.3) is 0 Å². The fraction of sp³-hybridized carbons (Fsp3) is 0.750. The van der Waals surface area contributed by atoms with E-state index in [1.54, 1.807) is 5.01 Å². The summed E-state index contributed by atoms with van der Waals surface area (Å²) in [5.41, 5.74) is 7.30. The minimum absolute atomic E-state index is 0. The molecule has 0 aromatic carbocycles. The number of carbonyl (C=O) groups excluding carboxylic acids is 1. The summed E-state index contributed by atoms with van der Waals surface area (Å²) >= 11 is 0. The Morgan fingerprint density at radius 1 is 1.70 bits per heavy atom. The molecule has 1 rings (SSSR count). The first-order valence-corrected chi connectivity index (χ1v) is 2.81. The molecule has 5 nitrogen and oxygen atoms in total. The SMILES string of the molecule is NC(=O)NN1CCNC1.[NaH]. The second-order valence-corrected chi connectivity index (χ2v) is 1.90. The molecule has 0 saturated carbocycles. The van der Waals surface area contributed by atoms with Crippen LogP contribution in [0.2, 0.25) is 0 Å². The zero-order chi connectivity index (χ0) is 6.69. The third-order valence-electron chi connectivity index (χ3n) is 1.13. The number of carbonyl (C=O) groups is 1. The van der Waals surface area contributed by atoms with Crippen molar-refractivity contribution in [1.82, 2.24) is 15.8 Å². The summed E-state index contributed by atoms with van der Waals surface area (Å²) in [5, 5.41) is 4.76. The average Bonchev–Trinajstić information content (AvgIpc) is 2.15. The molecule has 1 heterocycles. The van der Waals surface area contributed by atoms with Gasteiger partial charge in [0.2, 0.25) is 0 Å². The van der Waals surface area contributed by atoms with Gasteiger partial charge in [0, 0.05) is 13.1 Å². The fourth-order valence-electron chi connectivity index (χ4n) is 0.758. The topological polar surface area (TPSA) is 70.4 Å². The summed E-state index contributed by atoms with van der Waals surface area (Å²) < 4.78 is 0. The van der Waals surface area contributed by atoms with Crippen LogP contribution in [-0.2, 0) is 0 Å². The van der Waals surface area contributed by atoms with Crippen LogP contribution in [0.4, 0.5) is 4.79 Å². The fourth-order valence-corrected chi connectivity index (χ4v) is 0.758. The van der Waals surface area contributed by atoms with E-state index in [9.17, 15) is 4.79 Å². The summed E-state index contributed by atoms with van der Waals surface area (Å²) in [4.78, 5) is 10.2. The number of nitrogens with one attached hydrogen (secondary N) is 2. The predicted molar refractivity (Wildman–Crippen MR) is 39.4 cm³/mol. The quantitative estimate of drug-likeness (QED) is 0.375. The van der Waals surface area contributed by atoms with E-state index in [0.717, 1.165) is 13.1 Å². The Labute approximate surface area is 81.6 Å². The van der Waals surface area contributed by atoms with Crippen LogP contribution in [-0.4, -0.2) is 60.4 Å². The van der Waals surface area contributed by atoms with Gasteiger partial charge in [0.05, 0.1) is 6.67 Å². The molecule has 0 spiro atoms. The van der Waals surface area contributed by atoms with E-state index in [2.05, 4.69) is 10.7 Å². The zero-order valence-electron chi connectivity index (χ0n) is 5.05. The van der Waals surface area contributed by atoms with E-state index < -0.39 is 6.03 Å². The molecule has 0 aromatic rings. The summed E-state index contributed by atoms with van der Waals surface area (Å²) in [6.07, 6.45) is 0. The Kier molecular flexibility index (Phi) is 5.02. The molecule has 0 unspecified atom stereocenters. The van der Waals surface area contributed by atoms with Gasteiger partial charge in [-0.2, -0.15) is 0 Å². The van der Waals surface area contributed by atoms with Crippen LogP contribution in [0.25, 0.3) is 0 Å². The Morgan fingerprint density at radius 3 is 2.80 bits per heavy atom. The first-order chi connectivity index (χ1) is 4.29. The Bertz CT molecular complexity index is 114. The Hall–Kier alpha value is 0.190. The maximum atomic E-state index is 10.2. The summed E-state index contributed by atoms with van der Waals surface area (Å²) in [6, 6.07) is -0.501. The number of nitrogens with two attached hydrogens (primary N) is 1. The van der Waals surface area contributed by atoms with Gasteiger partial charge in [0.1, 0.15) is 0 Å². The van der Waals surface area contributed by atoms with Crippen LogP contribution < -0.4 is 16.5 Å². The summed E-state index contributed by atoms with van der Waals surface area (Å²) in [5.74, 6) is 0. The van der Waals surface area contributed by atoms with Crippen LogP contribution in [0.15, 0.2) is 0 Å². The Balaban J connectivity index is 0.000000810. The average molecular weight is 154 g/mol. The molecule has 0 aromatic heterocycles. The van der Waals surface area contributed by atoms with Crippen LogP contribution >= 0.6 is 0 Å². The monoisotopic (exact) mass is 154 g/mol. The number of urea groups is 1. The van der Waals surface area contributed by atoms with E-state index in [-0.39, 0.29) is 29.6 Å². The van der Waals surface area contributed by atoms with Crippen molar-refractivity contribution in [2.75, 3.05) is 19.8 Å². The number of nitrogens with zero attached hydrogens (tertiary/aromatic N) is 1. The number of hydrogen-bond acceptors (Lipinski definition) is 3. The number of hydrazine groups is 1. The van der Waals surface area contributed by atoms with Crippen LogP contribution in [0.3, 0.4) is 0 Å². The van der Waals surface area contributed by atoms with Gasteiger partial charge in [0.15, 0.2) is 0 Å². The molecule has 10 heavy (non-hydrogen) atoms. The third-order valence-corrected chi connectivity index (χ3v) is 1.13.